The van der Waals surface area contributed by atoms with Crippen LogP contribution in [0.3, 0.4) is 0 Å². The largest absolute Gasteiger partial charge is 0.616 e. The van der Waals surface area contributed by atoms with E-state index < -0.39 is 29.7 Å². The molecule has 0 aromatic heterocycles. The Labute approximate surface area is 278 Å². The van der Waals surface area contributed by atoms with Crippen molar-refractivity contribution in [2.45, 2.75) is 173 Å². The molecule has 268 valence electrons. The van der Waals surface area contributed by atoms with Gasteiger partial charge in [0.25, 0.3) is 0 Å². The molecule has 0 radical (unpaired) electrons. The van der Waals surface area contributed by atoms with Crippen LogP contribution in [0.5, 0.6) is 0 Å². The normalized spacial score (nSPS) is 35.5. The third-order valence-electron chi connectivity index (χ3n) is 13.2. The molecule has 0 aromatic rings. The Morgan fingerprint density at radius 2 is 1.39 bits per heavy atom. The maximum Gasteiger partial charge on any atom is 0.453 e. The predicted octanol–water partition coefficient (Wildman–Crippen LogP) is 10.6. The van der Waals surface area contributed by atoms with Crippen LogP contribution >= 0.6 is 0 Å². The van der Waals surface area contributed by atoms with Crippen LogP contribution in [0.1, 0.15) is 155 Å². The van der Waals surface area contributed by atoms with Crippen LogP contribution in [0.25, 0.3) is 0 Å². The molecule has 4 saturated carbocycles. The van der Waals surface area contributed by atoms with Crippen molar-refractivity contribution in [1.82, 2.24) is 0 Å². The number of carbonyl (C=O) groups excluding carboxylic acids is 1. The third-order valence-corrected chi connectivity index (χ3v) is 14.7. The van der Waals surface area contributed by atoms with E-state index in [1.807, 2.05) is 0 Å². The fourth-order valence-electron chi connectivity index (χ4n) is 10.7. The molecular weight excluding hydrogens is 619 g/mol. The van der Waals surface area contributed by atoms with Gasteiger partial charge in [0.1, 0.15) is 17.3 Å². The Hall–Kier alpha value is -0.410. The Balaban J connectivity index is 1.06. The van der Waals surface area contributed by atoms with E-state index in [1.165, 1.54) is 70.6 Å². The van der Waals surface area contributed by atoms with Crippen molar-refractivity contribution in [3.8, 4) is 0 Å². The highest BCUT2D eigenvalue weighted by molar-refractivity contribution is 7.91. The van der Waals surface area contributed by atoms with Gasteiger partial charge in [0.2, 0.25) is 0 Å². The Morgan fingerprint density at radius 1 is 0.804 bits per heavy atom. The van der Waals surface area contributed by atoms with Gasteiger partial charge < -0.3 is 9.66 Å². The van der Waals surface area contributed by atoms with Gasteiger partial charge in [-0.1, -0.05) is 89.2 Å². The van der Waals surface area contributed by atoms with E-state index in [0.29, 0.717) is 41.1 Å². The van der Waals surface area contributed by atoms with Crippen molar-refractivity contribution in [2.75, 3.05) is 11.5 Å². The summed E-state index contributed by atoms with van der Waals surface area (Å²) in [5, 5.41) is 11.1. The number of aliphatic hydroxyl groups excluding tert-OH is 1. The van der Waals surface area contributed by atoms with Crippen molar-refractivity contribution >= 4 is 17.0 Å². The molecule has 0 spiro atoms. The molecule has 0 heterocycles. The van der Waals surface area contributed by atoms with Crippen molar-refractivity contribution < 1.29 is 36.4 Å². The minimum absolute atomic E-state index is 0.0661. The average Bonchev–Trinajstić information content (AvgIpc) is 3.28. The van der Waals surface area contributed by atoms with Gasteiger partial charge >= 0.3 is 12.1 Å². The molecule has 0 amide bonds. The van der Waals surface area contributed by atoms with Gasteiger partial charge in [-0.2, -0.15) is 22.0 Å². The fraction of sp³-hybridized carbons (Fsp3) is 0.973. The number of aliphatic hydroxyl groups is 1. The highest BCUT2D eigenvalue weighted by Gasteiger charge is 2.62. The van der Waals surface area contributed by atoms with E-state index in [0.717, 1.165) is 57.8 Å². The second-order valence-corrected chi connectivity index (χ2v) is 17.9. The first kappa shape index (κ1) is 38.4. The molecule has 4 fully saturated rings. The van der Waals surface area contributed by atoms with Gasteiger partial charge in [-0.15, -0.1) is 0 Å². The first-order chi connectivity index (χ1) is 21.7. The summed E-state index contributed by atoms with van der Waals surface area (Å²) in [4.78, 5) is 12.4. The number of hydrogen-bond donors (Lipinski definition) is 1. The number of unbranched alkanes of at least 4 members (excludes halogenated alkanes) is 10. The fourth-order valence-corrected chi connectivity index (χ4v) is 11.9. The monoisotopic (exact) mass is 680 g/mol. The van der Waals surface area contributed by atoms with E-state index >= 15 is 0 Å². The van der Waals surface area contributed by atoms with E-state index in [9.17, 15) is 36.4 Å². The molecule has 0 aliphatic heterocycles. The molecular formula is C37H61F5O3S. The highest BCUT2D eigenvalue weighted by Crippen LogP contribution is 2.68. The summed E-state index contributed by atoms with van der Waals surface area (Å²) in [6, 6.07) is 0. The average molecular weight is 681 g/mol. The van der Waals surface area contributed by atoms with Crippen molar-refractivity contribution in [3.63, 3.8) is 0 Å². The summed E-state index contributed by atoms with van der Waals surface area (Å²) >= 11 is -1.33. The Kier molecular flexibility index (Phi) is 13.8. The summed E-state index contributed by atoms with van der Waals surface area (Å²) in [6.45, 7) is 4.91. The zero-order chi connectivity index (χ0) is 33.6. The van der Waals surface area contributed by atoms with Gasteiger partial charge in [-0.05, 0) is 98.2 Å². The summed E-state index contributed by atoms with van der Waals surface area (Å²) in [5.74, 6) is -0.667. The number of carbonyl (C=O) groups is 1. The molecule has 0 bridgehead atoms. The number of Topliss-reactive ketones (excluding diaryl/α,β-unsaturated/α-hetero) is 1. The standard InChI is InChI=1S/C37H61F5O3S/c1-34-22-20-29(43)25-28(34)16-17-30-31-18-19-32(44)35(31,2)26-27(33(30)34)15-12-10-8-6-4-3-5-7-9-11-13-23-46(45)24-14-21-36(38,39)37(40,41)42/h27-28,30-33,44H,3-26H2,1-2H3/t27?,28?,30-,31-,32?,33+,34-,35-,46?/m0/s1. The van der Waals surface area contributed by atoms with Crippen LogP contribution in [0.2, 0.25) is 0 Å². The van der Waals surface area contributed by atoms with Crippen molar-refractivity contribution in [3.05, 3.63) is 0 Å². The minimum atomic E-state index is -5.53. The third kappa shape index (κ3) is 9.22. The number of hydrogen-bond acceptors (Lipinski definition) is 3. The lowest BCUT2D eigenvalue weighted by Crippen LogP contribution is -2.57. The van der Waals surface area contributed by atoms with Crippen LogP contribution in [0, 0.1) is 40.4 Å². The smallest absolute Gasteiger partial charge is 0.453 e. The van der Waals surface area contributed by atoms with Gasteiger partial charge in [0, 0.05) is 19.3 Å². The molecule has 9 heteroatoms. The lowest BCUT2D eigenvalue weighted by Gasteiger charge is -2.62. The van der Waals surface area contributed by atoms with Crippen LogP contribution in [-0.4, -0.2) is 45.2 Å². The number of rotatable bonds is 18. The first-order valence-electron chi connectivity index (χ1n) is 18.7. The van der Waals surface area contributed by atoms with Gasteiger partial charge in [0.05, 0.1) is 6.10 Å². The van der Waals surface area contributed by atoms with E-state index in [1.54, 1.807) is 0 Å². The van der Waals surface area contributed by atoms with E-state index in [4.69, 9.17) is 0 Å². The number of alkyl halides is 5. The zero-order valence-corrected chi connectivity index (χ0v) is 29.3. The summed E-state index contributed by atoms with van der Waals surface area (Å²) in [5.41, 5.74) is 0.351. The Bertz CT molecular complexity index is 962. The van der Waals surface area contributed by atoms with E-state index in [-0.39, 0.29) is 29.1 Å². The summed E-state index contributed by atoms with van der Waals surface area (Å²) < 4.78 is 74.5. The maximum absolute atomic E-state index is 12.9. The van der Waals surface area contributed by atoms with Crippen LogP contribution in [0.15, 0.2) is 0 Å². The molecule has 3 nitrogen and oxygen atoms in total. The van der Waals surface area contributed by atoms with Gasteiger partial charge in [-0.3, -0.25) is 4.79 Å². The predicted molar refractivity (Wildman–Crippen MR) is 175 cm³/mol. The number of halogens is 5. The molecule has 46 heavy (non-hydrogen) atoms. The van der Waals surface area contributed by atoms with Crippen molar-refractivity contribution in [2.24, 2.45) is 40.4 Å². The van der Waals surface area contributed by atoms with Gasteiger partial charge in [0.15, 0.2) is 0 Å². The number of ketones is 1. The lowest BCUT2D eigenvalue weighted by molar-refractivity contribution is -0.284. The molecule has 0 aromatic carbocycles. The van der Waals surface area contributed by atoms with Crippen molar-refractivity contribution in [1.29, 1.82) is 0 Å². The molecule has 4 aliphatic carbocycles. The second-order valence-electron chi connectivity index (χ2n) is 16.2. The summed E-state index contributed by atoms with van der Waals surface area (Å²) in [7, 11) is 0. The molecule has 4 rings (SSSR count). The quantitative estimate of drug-likeness (QED) is 0.0890. The minimum Gasteiger partial charge on any atom is -0.616 e. The molecule has 9 atom stereocenters. The molecule has 0 saturated heterocycles. The SMILES string of the molecule is C[C@]12CCC(=O)CC1CC[C@@H]1[C@H]2C(CCCCCCCCCCCCC[S+]([O-])CCCC(F)(F)C(F)(F)F)C[C@]2(C)C(O)CC[C@@H]12. The van der Waals surface area contributed by atoms with E-state index in [2.05, 4.69) is 13.8 Å². The van der Waals surface area contributed by atoms with Gasteiger partial charge in [-0.25, -0.2) is 0 Å². The van der Waals surface area contributed by atoms with Crippen LogP contribution < -0.4 is 0 Å². The second kappa shape index (κ2) is 16.5. The Morgan fingerprint density at radius 3 is 2.02 bits per heavy atom. The molecule has 1 N–H and O–H groups in total. The molecule has 4 aliphatic rings. The first-order valence-corrected chi connectivity index (χ1v) is 20.2. The highest BCUT2D eigenvalue weighted by atomic mass is 32.2. The van der Waals surface area contributed by atoms with Crippen LogP contribution in [-0.2, 0) is 16.0 Å². The topological polar surface area (TPSA) is 60.4 Å². The molecule has 4 unspecified atom stereocenters. The maximum atomic E-state index is 12.9. The summed E-state index contributed by atoms with van der Waals surface area (Å²) in [6.07, 6.45) is 14.7. The zero-order valence-electron chi connectivity index (χ0n) is 28.5. The number of fused-ring (bicyclic) bond motifs is 5. The van der Waals surface area contributed by atoms with Crippen LogP contribution in [0.4, 0.5) is 22.0 Å². The lowest BCUT2D eigenvalue weighted by atomic mass is 9.42.